The van der Waals surface area contributed by atoms with Gasteiger partial charge < -0.3 is 0 Å². The lowest BCUT2D eigenvalue weighted by atomic mass is 9.77. The van der Waals surface area contributed by atoms with Crippen LogP contribution in [0.4, 0.5) is 4.39 Å². The summed E-state index contributed by atoms with van der Waals surface area (Å²) in [7, 11) is 0. The second-order valence-electron chi connectivity index (χ2n) is 6.48. The maximum Gasteiger partial charge on any atom is 0.144 e. The van der Waals surface area contributed by atoms with E-state index < -0.39 is 11.6 Å². The third-order valence-corrected chi connectivity index (χ3v) is 4.57. The molecule has 0 spiro atoms. The molecule has 0 aliphatic carbocycles. The molecule has 4 heteroatoms. The first-order valence-electron chi connectivity index (χ1n) is 8.23. The van der Waals surface area contributed by atoms with Crippen molar-refractivity contribution >= 4 is 0 Å². The average Bonchev–Trinajstić information content (AvgIpc) is 3.11. The Morgan fingerprint density at radius 2 is 1.92 bits per heavy atom. The summed E-state index contributed by atoms with van der Waals surface area (Å²) in [6.07, 6.45) is 6.77. The largest absolute Gasteiger partial charge is 0.298 e. The molecule has 124 valence electrons. The second kappa shape index (κ2) is 6.56. The molecule has 0 bridgehead atoms. The van der Waals surface area contributed by atoms with E-state index in [4.69, 9.17) is 0 Å². The summed E-state index contributed by atoms with van der Waals surface area (Å²) in [6, 6.07) is 11.8. The standard InChI is InChI=1S/C20H22FN3/c1-4-18(21)20(2,3)17-10-6-5-9-16(17)19-23-12-13-24(19)15-8-7-11-22-14-15/h5-14,18H,4H2,1-3H3/t18-/m1/s1. The minimum atomic E-state index is -0.916. The Kier molecular flexibility index (Phi) is 4.47. The minimum absolute atomic E-state index is 0.485. The summed E-state index contributed by atoms with van der Waals surface area (Å²) >= 11 is 0. The molecule has 1 aromatic carbocycles. The van der Waals surface area contributed by atoms with Crippen LogP contribution in [0.15, 0.2) is 61.2 Å². The van der Waals surface area contributed by atoms with Crippen LogP contribution in [0, 0.1) is 0 Å². The predicted molar refractivity (Wildman–Crippen MR) is 95.0 cm³/mol. The minimum Gasteiger partial charge on any atom is -0.298 e. The fraction of sp³-hybridized carbons (Fsp3) is 0.300. The molecule has 0 N–H and O–H groups in total. The number of halogens is 1. The van der Waals surface area contributed by atoms with Crippen molar-refractivity contribution in [2.45, 2.75) is 38.8 Å². The number of imidazole rings is 1. The van der Waals surface area contributed by atoms with Crippen molar-refractivity contribution in [1.29, 1.82) is 0 Å². The SMILES string of the molecule is CC[C@@H](F)C(C)(C)c1ccccc1-c1nccn1-c1cccnc1. The highest BCUT2D eigenvalue weighted by molar-refractivity contribution is 5.65. The lowest BCUT2D eigenvalue weighted by Gasteiger charge is -2.30. The quantitative estimate of drug-likeness (QED) is 0.664. The van der Waals surface area contributed by atoms with Gasteiger partial charge in [-0.1, -0.05) is 45.0 Å². The van der Waals surface area contributed by atoms with Gasteiger partial charge in [0.2, 0.25) is 0 Å². The Balaban J connectivity index is 2.15. The molecule has 3 aromatic rings. The zero-order valence-corrected chi connectivity index (χ0v) is 14.3. The highest BCUT2D eigenvalue weighted by atomic mass is 19.1. The van der Waals surface area contributed by atoms with Crippen molar-refractivity contribution in [3.8, 4) is 17.1 Å². The summed E-state index contributed by atoms with van der Waals surface area (Å²) < 4.78 is 16.6. The number of hydrogen-bond donors (Lipinski definition) is 0. The lowest BCUT2D eigenvalue weighted by Crippen LogP contribution is -2.30. The van der Waals surface area contributed by atoms with Gasteiger partial charge in [0.05, 0.1) is 11.9 Å². The summed E-state index contributed by atoms with van der Waals surface area (Å²) in [6.45, 7) is 5.79. The maximum absolute atomic E-state index is 14.6. The molecule has 0 unspecified atom stereocenters. The van der Waals surface area contributed by atoms with Crippen LogP contribution in [0.5, 0.6) is 0 Å². The normalized spacial score (nSPS) is 13.0. The van der Waals surface area contributed by atoms with Gasteiger partial charge >= 0.3 is 0 Å². The molecule has 3 rings (SSSR count). The smallest absolute Gasteiger partial charge is 0.144 e. The van der Waals surface area contributed by atoms with Crippen molar-refractivity contribution in [1.82, 2.24) is 14.5 Å². The van der Waals surface area contributed by atoms with Gasteiger partial charge in [-0.15, -0.1) is 0 Å². The van der Waals surface area contributed by atoms with E-state index in [0.717, 1.165) is 22.6 Å². The summed E-state index contributed by atoms with van der Waals surface area (Å²) in [4.78, 5) is 8.71. The summed E-state index contributed by atoms with van der Waals surface area (Å²) in [5, 5.41) is 0. The molecule has 3 nitrogen and oxygen atoms in total. The molecule has 0 saturated carbocycles. The van der Waals surface area contributed by atoms with Gasteiger partial charge in [-0.3, -0.25) is 9.55 Å². The van der Waals surface area contributed by atoms with Crippen LogP contribution < -0.4 is 0 Å². The van der Waals surface area contributed by atoms with Crippen LogP contribution in [0.1, 0.15) is 32.8 Å². The molecule has 0 fully saturated rings. The Morgan fingerprint density at radius 3 is 2.62 bits per heavy atom. The fourth-order valence-electron chi connectivity index (χ4n) is 3.13. The molecule has 0 aliphatic rings. The van der Waals surface area contributed by atoms with Gasteiger partial charge in [0.15, 0.2) is 0 Å². The first-order chi connectivity index (χ1) is 11.6. The monoisotopic (exact) mass is 323 g/mol. The molecule has 24 heavy (non-hydrogen) atoms. The van der Waals surface area contributed by atoms with E-state index in [1.54, 1.807) is 18.6 Å². The van der Waals surface area contributed by atoms with Crippen molar-refractivity contribution < 1.29 is 4.39 Å². The molecule has 2 heterocycles. The number of aromatic nitrogens is 3. The van der Waals surface area contributed by atoms with Crippen LogP contribution in [0.2, 0.25) is 0 Å². The van der Waals surface area contributed by atoms with Crippen molar-refractivity contribution in [2.75, 3.05) is 0 Å². The summed E-state index contributed by atoms with van der Waals surface area (Å²) in [5.74, 6) is 0.801. The molecule has 0 saturated heterocycles. The predicted octanol–water partition coefficient (Wildman–Crippen LogP) is 4.96. The van der Waals surface area contributed by atoms with Gasteiger partial charge in [-0.25, -0.2) is 9.37 Å². The number of pyridine rings is 1. The van der Waals surface area contributed by atoms with Crippen LogP contribution in [0.3, 0.4) is 0 Å². The number of hydrogen-bond acceptors (Lipinski definition) is 2. The fourth-order valence-corrected chi connectivity index (χ4v) is 3.13. The van der Waals surface area contributed by atoms with Crippen LogP contribution in [0.25, 0.3) is 17.1 Å². The Hall–Kier alpha value is -2.49. The van der Waals surface area contributed by atoms with Gasteiger partial charge in [0, 0.05) is 29.6 Å². The van der Waals surface area contributed by atoms with E-state index in [1.165, 1.54) is 0 Å². The molecule has 1 atom stereocenters. The maximum atomic E-state index is 14.6. The molecule has 0 amide bonds. The van der Waals surface area contributed by atoms with E-state index >= 15 is 0 Å². The average molecular weight is 323 g/mol. The molecular formula is C20H22FN3. The van der Waals surface area contributed by atoms with E-state index in [2.05, 4.69) is 9.97 Å². The molecule has 0 aliphatic heterocycles. The third-order valence-electron chi connectivity index (χ3n) is 4.57. The number of nitrogens with zero attached hydrogens (tertiary/aromatic N) is 3. The van der Waals surface area contributed by atoms with Crippen LogP contribution in [-0.2, 0) is 5.41 Å². The second-order valence-corrected chi connectivity index (χ2v) is 6.48. The number of benzene rings is 1. The highest BCUT2D eigenvalue weighted by Gasteiger charge is 2.33. The van der Waals surface area contributed by atoms with Crippen LogP contribution in [-0.4, -0.2) is 20.7 Å². The zero-order chi connectivity index (χ0) is 17.2. The van der Waals surface area contributed by atoms with E-state index in [0.29, 0.717) is 6.42 Å². The first-order valence-corrected chi connectivity index (χ1v) is 8.23. The molecule has 0 radical (unpaired) electrons. The third kappa shape index (κ3) is 2.84. The van der Waals surface area contributed by atoms with Crippen LogP contribution >= 0.6 is 0 Å². The van der Waals surface area contributed by atoms with Gasteiger partial charge in [-0.05, 0) is 24.1 Å². The van der Waals surface area contributed by atoms with Crippen molar-refractivity contribution in [2.24, 2.45) is 0 Å². The van der Waals surface area contributed by atoms with Gasteiger partial charge in [-0.2, -0.15) is 0 Å². The number of alkyl halides is 1. The van der Waals surface area contributed by atoms with Crippen molar-refractivity contribution in [3.63, 3.8) is 0 Å². The number of rotatable bonds is 5. The topological polar surface area (TPSA) is 30.7 Å². The van der Waals surface area contributed by atoms with Gasteiger partial charge in [0.1, 0.15) is 12.0 Å². The van der Waals surface area contributed by atoms with E-state index in [-0.39, 0.29) is 0 Å². The van der Waals surface area contributed by atoms with E-state index in [1.807, 2.05) is 67.9 Å². The molecular weight excluding hydrogens is 301 g/mol. The zero-order valence-electron chi connectivity index (χ0n) is 14.3. The highest BCUT2D eigenvalue weighted by Crippen LogP contribution is 2.37. The molecule has 2 aromatic heterocycles. The Bertz CT molecular complexity index is 809. The lowest BCUT2D eigenvalue weighted by molar-refractivity contribution is 0.209. The Labute approximate surface area is 142 Å². The summed E-state index contributed by atoms with van der Waals surface area (Å²) in [5.41, 5.74) is 2.27. The van der Waals surface area contributed by atoms with Gasteiger partial charge in [0.25, 0.3) is 0 Å². The first kappa shape index (κ1) is 16.4. The van der Waals surface area contributed by atoms with Crippen molar-refractivity contribution in [3.05, 3.63) is 66.7 Å². The van der Waals surface area contributed by atoms with E-state index in [9.17, 15) is 4.39 Å². The Morgan fingerprint density at radius 1 is 1.12 bits per heavy atom.